The highest BCUT2D eigenvalue weighted by Gasteiger charge is 2.18. The highest BCUT2D eigenvalue weighted by molar-refractivity contribution is 8.03. The van der Waals surface area contributed by atoms with Crippen molar-refractivity contribution in [2.24, 2.45) is 5.73 Å². The molecular weight excluding hydrogens is 222 g/mol. The van der Waals surface area contributed by atoms with Crippen LogP contribution >= 0.6 is 11.8 Å². The Balaban J connectivity index is 2.91. The maximum atomic E-state index is 8.82. The quantitative estimate of drug-likeness (QED) is 0.600. The van der Waals surface area contributed by atoms with Gasteiger partial charge in [0.05, 0.1) is 10.6 Å². The Morgan fingerprint density at radius 1 is 1.56 bits per heavy atom. The van der Waals surface area contributed by atoms with Crippen molar-refractivity contribution in [3.8, 4) is 11.5 Å². The van der Waals surface area contributed by atoms with Crippen LogP contribution in [0.5, 0.6) is 0 Å². The van der Waals surface area contributed by atoms with E-state index in [1.807, 2.05) is 11.5 Å². The predicted molar refractivity (Wildman–Crippen MR) is 61.2 cm³/mol. The number of nitrogens with zero attached hydrogens (tertiary/aromatic N) is 3. The van der Waals surface area contributed by atoms with E-state index in [-0.39, 0.29) is 11.7 Å². The SMILES string of the molecule is CCCCC(N)c1[nH]nc(C#N)c1SC#N. The number of H-pyrrole nitrogens is 1. The van der Waals surface area contributed by atoms with Crippen LogP contribution in [0.4, 0.5) is 0 Å². The molecule has 5 nitrogen and oxygen atoms in total. The van der Waals surface area contributed by atoms with Crippen LogP contribution in [0.1, 0.15) is 43.6 Å². The third-order valence-electron chi connectivity index (χ3n) is 2.24. The van der Waals surface area contributed by atoms with Crippen molar-refractivity contribution >= 4 is 11.8 Å². The van der Waals surface area contributed by atoms with E-state index in [4.69, 9.17) is 16.3 Å². The summed E-state index contributed by atoms with van der Waals surface area (Å²) >= 11 is 0.931. The Morgan fingerprint density at radius 2 is 2.31 bits per heavy atom. The molecule has 6 heteroatoms. The Kier molecular flexibility index (Phi) is 4.84. The summed E-state index contributed by atoms with van der Waals surface area (Å²) in [5.41, 5.74) is 6.91. The fourth-order valence-corrected chi connectivity index (χ4v) is 1.98. The summed E-state index contributed by atoms with van der Waals surface area (Å²) in [6.07, 6.45) is 2.90. The first-order valence-electron chi connectivity index (χ1n) is 5.04. The minimum atomic E-state index is -0.189. The molecule has 0 amide bonds. The van der Waals surface area contributed by atoms with Crippen LogP contribution < -0.4 is 5.73 Å². The lowest BCUT2D eigenvalue weighted by molar-refractivity contribution is 0.582. The van der Waals surface area contributed by atoms with Gasteiger partial charge in [0.2, 0.25) is 0 Å². The Hall–Kier alpha value is -1.50. The second-order valence-electron chi connectivity index (χ2n) is 3.37. The molecule has 1 atom stereocenters. The Morgan fingerprint density at radius 3 is 2.88 bits per heavy atom. The number of hydrogen-bond acceptors (Lipinski definition) is 5. The highest BCUT2D eigenvalue weighted by Crippen LogP contribution is 2.29. The zero-order valence-electron chi connectivity index (χ0n) is 9.03. The minimum Gasteiger partial charge on any atom is -0.323 e. The van der Waals surface area contributed by atoms with E-state index < -0.39 is 0 Å². The third kappa shape index (κ3) is 2.75. The second-order valence-corrected chi connectivity index (χ2v) is 4.16. The van der Waals surface area contributed by atoms with Gasteiger partial charge in [-0.25, -0.2) is 0 Å². The third-order valence-corrected chi connectivity index (χ3v) is 2.95. The van der Waals surface area contributed by atoms with Gasteiger partial charge in [0.1, 0.15) is 11.5 Å². The van der Waals surface area contributed by atoms with Crippen molar-refractivity contribution in [2.45, 2.75) is 37.1 Å². The first-order valence-corrected chi connectivity index (χ1v) is 5.86. The number of thioether (sulfide) groups is 1. The highest BCUT2D eigenvalue weighted by atomic mass is 32.2. The van der Waals surface area contributed by atoms with E-state index in [0.717, 1.165) is 31.0 Å². The molecule has 0 saturated carbocycles. The average Bonchev–Trinajstić information content (AvgIpc) is 2.69. The van der Waals surface area contributed by atoms with E-state index in [1.54, 1.807) is 0 Å². The van der Waals surface area contributed by atoms with Crippen LogP contribution in [0.25, 0.3) is 0 Å². The molecule has 0 aliphatic rings. The van der Waals surface area contributed by atoms with Gasteiger partial charge in [-0.2, -0.15) is 15.6 Å². The molecule has 0 aliphatic carbocycles. The molecule has 0 spiro atoms. The van der Waals surface area contributed by atoms with Crippen molar-refractivity contribution in [3.63, 3.8) is 0 Å². The smallest absolute Gasteiger partial charge is 0.177 e. The maximum absolute atomic E-state index is 8.82. The van der Waals surface area contributed by atoms with Crippen molar-refractivity contribution in [3.05, 3.63) is 11.4 Å². The van der Waals surface area contributed by atoms with Gasteiger partial charge in [-0.05, 0) is 18.2 Å². The van der Waals surface area contributed by atoms with Crippen LogP contribution in [-0.4, -0.2) is 10.2 Å². The van der Waals surface area contributed by atoms with Gasteiger partial charge in [0.25, 0.3) is 0 Å². The van der Waals surface area contributed by atoms with Crippen LogP contribution in [0.15, 0.2) is 4.90 Å². The van der Waals surface area contributed by atoms with Crippen LogP contribution in [0, 0.1) is 22.0 Å². The molecular formula is C10H13N5S. The first-order chi connectivity index (χ1) is 7.74. The normalized spacial score (nSPS) is 11.8. The van der Waals surface area contributed by atoms with Gasteiger partial charge in [0.15, 0.2) is 5.69 Å². The lowest BCUT2D eigenvalue weighted by atomic mass is 10.1. The molecule has 16 heavy (non-hydrogen) atoms. The van der Waals surface area contributed by atoms with E-state index in [2.05, 4.69) is 17.1 Å². The zero-order chi connectivity index (χ0) is 12.0. The molecule has 1 rings (SSSR count). The summed E-state index contributed by atoms with van der Waals surface area (Å²) < 4.78 is 0. The summed E-state index contributed by atoms with van der Waals surface area (Å²) in [7, 11) is 0. The first kappa shape index (κ1) is 12.6. The average molecular weight is 235 g/mol. The van der Waals surface area contributed by atoms with Crippen molar-refractivity contribution in [2.75, 3.05) is 0 Å². The number of aromatic amines is 1. The van der Waals surface area contributed by atoms with Gasteiger partial charge < -0.3 is 5.73 Å². The van der Waals surface area contributed by atoms with Crippen LogP contribution in [-0.2, 0) is 0 Å². The molecule has 0 radical (unpaired) electrons. The molecule has 1 heterocycles. The lowest BCUT2D eigenvalue weighted by Gasteiger charge is -2.09. The number of thiocyanates is 1. The summed E-state index contributed by atoms with van der Waals surface area (Å²) in [6, 6.07) is 1.75. The van der Waals surface area contributed by atoms with Gasteiger partial charge >= 0.3 is 0 Å². The standard InChI is InChI=1S/C10H13N5S/c1-2-3-4-7(13)9-10(16-6-12)8(5-11)14-15-9/h7H,2-4,13H2,1H3,(H,14,15). The van der Waals surface area contributed by atoms with E-state index >= 15 is 0 Å². The lowest BCUT2D eigenvalue weighted by Crippen LogP contribution is -2.11. The molecule has 84 valence electrons. The number of nitrogens with one attached hydrogen (secondary N) is 1. The minimum absolute atomic E-state index is 0.189. The van der Waals surface area contributed by atoms with E-state index in [1.165, 1.54) is 0 Å². The van der Waals surface area contributed by atoms with Gasteiger partial charge in [-0.15, -0.1) is 0 Å². The molecule has 0 saturated heterocycles. The second kappa shape index (κ2) is 6.16. The van der Waals surface area contributed by atoms with Crippen molar-refractivity contribution in [1.82, 2.24) is 10.2 Å². The summed E-state index contributed by atoms with van der Waals surface area (Å²) in [6.45, 7) is 2.09. The molecule has 0 fully saturated rings. The molecule has 1 unspecified atom stereocenters. The summed E-state index contributed by atoms with van der Waals surface area (Å²) in [4.78, 5) is 0.564. The number of rotatable bonds is 5. The number of unbranched alkanes of at least 4 members (excludes halogenated alkanes) is 1. The van der Waals surface area contributed by atoms with Crippen LogP contribution in [0.3, 0.4) is 0 Å². The van der Waals surface area contributed by atoms with Gasteiger partial charge in [0, 0.05) is 6.04 Å². The maximum Gasteiger partial charge on any atom is 0.177 e. The van der Waals surface area contributed by atoms with Crippen LogP contribution in [0.2, 0.25) is 0 Å². The molecule has 0 aromatic carbocycles. The van der Waals surface area contributed by atoms with Crippen molar-refractivity contribution in [1.29, 1.82) is 10.5 Å². The van der Waals surface area contributed by atoms with Gasteiger partial charge in [-0.3, -0.25) is 5.10 Å². The zero-order valence-corrected chi connectivity index (χ0v) is 9.84. The Bertz CT molecular complexity index is 425. The molecule has 0 aliphatic heterocycles. The number of nitriles is 2. The molecule has 0 bridgehead atoms. The summed E-state index contributed by atoms with van der Waals surface area (Å²) in [5, 5.41) is 26.0. The molecule has 3 N–H and O–H groups in total. The largest absolute Gasteiger partial charge is 0.323 e. The number of nitrogens with two attached hydrogens (primary N) is 1. The Labute approximate surface area is 98.6 Å². The fourth-order valence-electron chi connectivity index (χ4n) is 1.39. The fraction of sp³-hybridized carbons (Fsp3) is 0.500. The van der Waals surface area contributed by atoms with Gasteiger partial charge in [-0.1, -0.05) is 19.8 Å². The number of hydrogen-bond donors (Lipinski definition) is 2. The predicted octanol–water partition coefficient (Wildman–Crippen LogP) is 2.04. The van der Waals surface area contributed by atoms with E-state index in [0.29, 0.717) is 10.6 Å². The summed E-state index contributed by atoms with van der Waals surface area (Å²) in [5.74, 6) is 0. The molecule has 1 aromatic heterocycles. The monoisotopic (exact) mass is 235 g/mol. The number of aromatic nitrogens is 2. The topological polar surface area (TPSA) is 102 Å². The van der Waals surface area contributed by atoms with E-state index in [9.17, 15) is 0 Å². The van der Waals surface area contributed by atoms with Crippen molar-refractivity contribution < 1.29 is 0 Å². The molecule has 1 aromatic rings.